The Bertz CT molecular complexity index is 695. The fraction of sp³-hybridized carbons (Fsp3) is 0.471. The molecule has 0 radical (unpaired) electrons. The summed E-state index contributed by atoms with van der Waals surface area (Å²) in [6.45, 7) is 3.60. The predicted molar refractivity (Wildman–Crippen MR) is 103 cm³/mol. The van der Waals surface area contributed by atoms with Gasteiger partial charge in [-0.05, 0) is 37.6 Å². The van der Waals surface area contributed by atoms with E-state index in [1.54, 1.807) is 29.6 Å². The van der Waals surface area contributed by atoms with Crippen LogP contribution >= 0.6 is 23.5 Å². The van der Waals surface area contributed by atoms with Crippen molar-refractivity contribution in [1.29, 1.82) is 0 Å². The van der Waals surface area contributed by atoms with Crippen LogP contribution in [0.1, 0.15) is 28.7 Å². The zero-order valence-electron chi connectivity index (χ0n) is 14.3. The molecule has 0 atom stereocenters. The molecule has 1 N–H and O–H groups in total. The highest BCUT2D eigenvalue weighted by Gasteiger charge is 2.11. The van der Waals surface area contributed by atoms with Crippen molar-refractivity contribution in [3.8, 4) is 0 Å². The number of carbonyl (C=O) groups is 1. The zero-order valence-corrected chi connectivity index (χ0v) is 15.9. The summed E-state index contributed by atoms with van der Waals surface area (Å²) in [7, 11) is 0. The topological polar surface area (TPSA) is 64.1 Å². The second-order valence-corrected chi connectivity index (χ2v) is 6.87. The third-order valence-corrected chi connectivity index (χ3v) is 4.50. The lowest BCUT2D eigenvalue weighted by Crippen LogP contribution is -2.27. The van der Waals surface area contributed by atoms with E-state index in [9.17, 15) is 4.79 Å². The van der Waals surface area contributed by atoms with E-state index in [0.717, 1.165) is 33.9 Å². The Morgan fingerprint density at radius 3 is 2.42 bits per heavy atom. The van der Waals surface area contributed by atoms with Gasteiger partial charge in [0.1, 0.15) is 0 Å². The van der Waals surface area contributed by atoms with Gasteiger partial charge in [0.05, 0.1) is 29.0 Å². The number of amides is 1. The van der Waals surface area contributed by atoms with Gasteiger partial charge in [0.25, 0.3) is 5.91 Å². The first kappa shape index (κ1) is 19.0. The minimum atomic E-state index is -0.113. The van der Waals surface area contributed by atoms with Gasteiger partial charge in [-0.2, -0.15) is 23.5 Å². The first-order valence-electron chi connectivity index (χ1n) is 7.83. The Morgan fingerprint density at radius 1 is 1.12 bits per heavy atom. The van der Waals surface area contributed by atoms with Crippen molar-refractivity contribution in [3.63, 3.8) is 0 Å². The Hall–Kier alpha value is -1.31. The maximum absolute atomic E-state index is 12.2. The number of nitrogens with zero attached hydrogens (tertiary/aromatic N) is 2. The van der Waals surface area contributed by atoms with E-state index >= 15 is 0 Å². The van der Waals surface area contributed by atoms with Gasteiger partial charge in [-0.1, -0.05) is 0 Å². The lowest BCUT2D eigenvalue weighted by atomic mass is 10.1. The van der Waals surface area contributed by atoms with E-state index in [-0.39, 0.29) is 5.91 Å². The Morgan fingerprint density at radius 2 is 1.79 bits per heavy atom. The van der Waals surface area contributed by atoms with E-state index in [0.29, 0.717) is 25.3 Å². The van der Waals surface area contributed by atoms with Crippen molar-refractivity contribution in [2.75, 3.05) is 32.3 Å². The quantitative estimate of drug-likeness (QED) is 0.689. The summed E-state index contributed by atoms with van der Waals surface area (Å²) >= 11 is 3.46. The van der Waals surface area contributed by atoms with Crippen molar-refractivity contribution >= 4 is 40.5 Å². The molecule has 0 aliphatic rings. The minimum absolute atomic E-state index is 0.113. The SMILES string of the molecule is CCOCCNC(=O)c1ccc2nc(CSC)c(CSC)nc2c1. The van der Waals surface area contributed by atoms with Crippen molar-refractivity contribution in [3.05, 3.63) is 35.2 Å². The van der Waals surface area contributed by atoms with Crippen LogP contribution in [0.2, 0.25) is 0 Å². The number of fused-ring (bicyclic) bond motifs is 1. The molecule has 0 aliphatic heterocycles. The number of aromatic nitrogens is 2. The van der Waals surface area contributed by atoms with E-state index in [2.05, 4.69) is 17.8 Å². The molecule has 1 amide bonds. The highest BCUT2D eigenvalue weighted by Crippen LogP contribution is 2.20. The third-order valence-electron chi connectivity index (χ3n) is 3.38. The fourth-order valence-electron chi connectivity index (χ4n) is 2.26. The number of thioether (sulfide) groups is 2. The Labute approximate surface area is 151 Å². The van der Waals surface area contributed by atoms with Crippen LogP contribution in [-0.4, -0.2) is 48.1 Å². The van der Waals surface area contributed by atoms with Gasteiger partial charge in [-0.25, -0.2) is 9.97 Å². The van der Waals surface area contributed by atoms with Crippen LogP contribution in [0.5, 0.6) is 0 Å². The second kappa shape index (κ2) is 9.86. The average Bonchev–Trinajstić information content (AvgIpc) is 2.59. The highest BCUT2D eigenvalue weighted by atomic mass is 32.2. The fourth-order valence-corrected chi connectivity index (χ4v) is 3.27. The summed E-state index contributed by atoms with van der Waals surface area (Å²) in [6.07, 6.45) is 4.11. The number of rotatable bonds is 9. The lowest BCUT2D eigenvalue weighted by Gasteiger charge is -2.10. The number of ether oxygens (including phenoxy) is 1. The molecule has 1 aromatic heterocycles. The van der Waals surface area contributed by atoms with Gasteiger partial charge in [0.15, 0.2) is 0 Å². The van der Waals surface area contributed by atoms with Gasteiger partial charge in [-0.3, -0.25) is 4.79 Å². The highest BCUT2D eigenvalue weighted by molar-refractivity contribution is 7.98. The normalized spacial score (nSPS) is 11.0. The first-order valence-corrected chi connectivity index (χ1v) is 10.6. The summed E-state index contributed by atoms with van der Waals surface area (Å²) < 4.78 is 5.23. The van der Waals surface area contributed by atoms with E-state index < -0.39 is 0 Å². The minimum Gasteiger partial charge on any atom is -0.380 e. The van der Waals surface area contributed by atoms with E-state index in [4.69, 9.17) is 14.7 Å². The van der Waals surface area contributed by atoms with Crippen LogP contribution in [0, 0.1) is 0 Å². The molecule has 130 valence electrons. The van der Waals surface area contributed by atoms with Crippen LogP contribution in [-0.2, 0) is 16.2 Å². The van der Waals surface area contributed by atoms with Gasteiger partial charge >= 0.3 is 0 Å². The molecule has 7 heteroatoms. The van der Waals surface area contributed by atoms with Crippen LogP contribution in [0.25, 0.3) is 11.0 Å². The largest absolute Gasteiger partial charge is 0.380 e. The van der Waals surface area contributed by atoms with Gasteiger partial charge < -0.3 is 10.1 Å². The van der Waals surface area contributed by atoms with Gasteiger partial charge in [-0.15, -0.1) is 0 Å². The van der Waals surface area contributed by atoms with Gasteiger partial charge in [0, 0.05) is 30.2 Å². The molecule has 0 bridgehead atoms. The van der Waals surface area contributed by atoms with Crippen molar-refractivity contribution in [1.82, 2.24) is 15.3 Å². The molecule has 0 saturated carbocycles. The number of nitrogens with one attached hydrogen (secondary N) is 1. The molecule has 0 spiro atoms. The summed E-state index contributed by atoms with van der Waals surface area (Å²) in [5, 5.41) is 2.85. The van der Waals surface area contributed by atoms with Crippen LogP contribution in [0.15, 0.2) is 18.2 Å². The molecule has 2 aromatic rings. The maximum Gasteiger partial charge on any atom is 0.251 e. The number of hydrogen-bond donors (Lipinski definition) is 1. The molecular weight excluding hydrogens is 342 g/mol. The molecule has 1 aromatic carbocycles. The monoisotopic (exact) mass is 365 g/mol. The van der Waals surface area contributed by atoms with Crippen molar-refractivity contribution < 1.29 is 9.53 Å². The summed E-state index contributed by atoms with van der Waals surface area (Å²) in [5.41, 5.74) is 4.22. The van der Waals surface area contributed by atoms with Crippen LogP contribution in [0.3, 0.4) is 0 Å². The molecular formula is C17H23N3O2S2. The average molecular weight is 366 g/mol. The van der Waals surface area contributed by atoms with Crippen molar-refractivity contribution in [2.24, 2.45) is 0 Å². The maximum atomic E-state index is 12.2. The lowest BCUT2D eigenvalue weighted by molar-refractivity contribution is 0.0922. The number of hydrogen-bond acceptors (Lipinski definition) is 6. The van der Waals surface area contributed by atoms with Crippen LogP contribution in [0.4, 0.5) is 0 Å². The van der Waals surface area contributed by atoms with Crippen LogP contribution < -0.4 is 5.32 Å². The van der Waals surface area contributed by atoms with Crippen molar-refractivity contribution in [2.45, 2.75) is 18.4 Å². The predicted octanol–water partition coefficient (Wildman–Crippen LogP) is 3.12. The summed E-state index contributed by atoms with van der Waals surface area (Å²) in [5.74, 6) is 1.56. The van der Waals surface area contributed by atoms with Gasteiger partial charge in [0.2, 0.25) is 0 Å². The molecule has 5 nitrogen and oxygen atoms in total. The second-order valence-electron chi connectivity index (χ2n) is 5.14. The number of carbonyl (C=O) groups excluding carboxylic acids is 1. The molecule has 0 aliphatic carbocycles. The molecule has 1 heterocycles. The smallest absolute Gasteiger partial charge is 0.251 e. The zero-order chi connectivity index (χ0) is 17.4. The number of benzene rings is 1. The third kappa shape index (κ3) is 5.09. The first-order chi connectivity index (χ1) is 11.7. The molecule has 2 rings (SSSR count). The summed E-state index contributed by atoms with van der Waals surface area (Å²) in [6, 6.07) is 5.47. The molecule has 24 heavy (non-hydrogen) atoms. The Balaban J connectivity index is 2.22. The molecule has 0 fully saturated rings. The van der Waals surface area contributed by atoms with E-state index in [1.165, 1.54) is 0 Å². The molecule has 0 saturated heterocycles. The van der Waals surface area contributed by atoms with E-state index in [1.807, 2.05) is 19.1 Å². The Kier molecular flexibility index (Phi) is 7.81. The standard InChI is InChI=1S/C17H23N3O2S2/c1-4-22-8-7-18-17(21)12-5-6-13-14(9-12)20-16(11-24-3)15(19-13)10-23-2/h5-6,9H,4,7-8,10-11H2,1-3H3,(H,18,21). The molecule has 0 unspecified atom stereocenters. The summed E-state index contributed by atoms with van der Waals surface area (Å²) in [4.78, 5) is 21.7.